The van der Waals surface area contributed by atoms with Gasteiger partial charge < -0.3 is 13.6 Å². The van der Waals surface area contributed by atoms with Crippen LogP contribution >= 0.6 is 0 Å². The van der Waals surface area contributed by atoms with Crippen molar-refractivity contribution < 1.29 is 4.42 Å². The van der Waals surface area contributed by atoms with Gasteiger partial charge in [-0.2, -0.15) is 0 Å². The van der Waals surface area contributed by atoms with E-state index in [1.54, 1.807) is 0 Å². The maximum atomic E-state index is 6.82. The SMILES string of the molecule is c1ccc(-c2nc(-c3ccccc3)nc(-c3cccc(-n4c5ccccc5c5c6oc7ccc(-n8c9ccccc9c9ccccc98)cc7c6ccc54)c3)n2)cc1. The minimum Gasteiger partial charge on any atom is -0.455 e. The standard InChI is InChI=1S/C51H31N5O/c1-3-14-32(15-4-1)49-52-50(33-16-5-2-6-17-33)54-51(53-49)34-18-13-19-35(30-34)56-44-25-12-9-22-40(44)47-45(56)28-27-39-41-31-36(26-29-46(41)57-48(39)47)55-42-23-10-7-20-37(42)38-21-8-11-24-43(38)55/h1-31H. The summed E-state index contributed by atoms with van der Waals surface area (Å²) in [6.45, 7) is 0. The summed E-state index contributed by atoms with van der Waals surface area (Å²) in [4.78, 5) is 15.0. The zero-order valence-electron chi connectivity index (χ0n) is 30.5. The molecule has 0 spiro atoms. The third-order valence-electron chi connectivity index (χ3n) is 11.2. The van der Waals surface area contributed by atoms with Crippen LogP contribution in [-0.4, -0.2) is 24.1 Å². The number of hydrogen-bond acceptors (Lipinski definition) is 4. The van der Waals surface area contributed by atoms with Gasteiger partial charge in [0.2, 0.25) is 0 Å². The first-order chi connectivity index (χ1) is 28.3. The molecule has 0 fully saturated rings. The molecule has 0 aliphatic carbocycles. The third kappa shape index (κ3) is 4.87. The van der Waals surface area contributed by atoms with Crippen LogP contribution in [0.3, 0.4) is 0 Å². The molecule has 6 nitrogen and oxygen atoms in total. The van der Waals surface area contributed by atoms with E-state index in [9.17, 15) is 0 Å². The molecule has 0 radical (unpaired) electrons. The molecule has 0 amide bonds. The van der Waals surface area contributed by atoms with E-state index in [0.717, 1.165) is 71.8 Å². The number of nitrogens with zero attached hydrogens (tertiary/aromatic N) is 5. The molecule has 0 aliphatic heterocycles. The van der Waals surface area contributed by atoms with Crippen LogP contribution in [0.4, 0.5) is 0 Å². The van der Waals surface area contributed by atoms with Gasteiger partial charge in [0, 0.05) is 55.0 Å². The van der Waals surface area contributed by atoms with Gasteiger partial charge in [-0.3, -0.25) is 0 Å². The normalized spacial score (nSPS) is 11.9. The van der Waals surface area contributed by atoms with Gasteiger partial charge in [-0.05, 0) is 60.7 Å². The van der Waals surface area contributed by atoms with Crippen LogP contribution in [0.5, 0.6) is 0 Å². The number of para-hydroxylation sites is 3. The molecule has 266 valence electrons. The van der Waals surface area contributed by atoms with E-state index in [1.807, 2.05) is 60.7 Å². The molecule has 0 atom stereocenters. The maximum absolute atomic E-state index is 6.82. The Labute approximate surface area is 326 Å². The highest BCUT2D eigenvalue weighted by atomic mass is 16.3. The van der Waals surface area contributed by atoms with Gasteiger partial charge in [0.05, 0.1) is 27.5 Å². The Kier molecular flexibility index (Phi) is 6.83. The molecule has 12 rings (SSSR count). The summed E-state index contributed by atoms with van der Waals surface area (Å²) in [6.07, 6.45) is 0. The monoisotopic (exact) mass is 729 g/mol. The topological polar surface area (TPSA) is 61.7 Å². The highest BCUT2D eigenvalue weighted by molar-refractivity contribution is 6.24. The lowest BCUT2D eigenvalue weighted by Gasteiger charge is -2.11. The van der Waals surface area contributed by atoms with Gasteiger partial charge in [-0.25, -0.2) is 15.0 Å². The molecule has 57 heavy (non-hydrogen) atoms. The second-order valence-electron chi connectivity index (χ2n) is 14.4. The van der Waals surface area contributed by atoms with Gasteiger partial charge in [0.25, 0.3) is 0 Å². The first kappa shape index (κ1) is 31.5. The highest BCUT2D eigenvalue weighted by Gasteiger charge is 2.21. The van der Waals surface area contributed by atoms with Gasteiger partial charge in [-0.15, -0.1) is 0 Å². The molecule has 4 heterocycles. The van der Waals surface area contributed by atoms with Gasteiger partial charge in [-0.1, -0.05) is 127 Å². The number of hydrogen-bond donors (Lipinski definition) is 0. The minimum atomic E-state index is 0.615. The van der Waals surface area contributed by atoms with Crippen molar-refractivity contribution in [3.05, 3.63) is 188 Å². The number of fused-ring (bicyclic) bond motifs is 10. The predicted octanol–water partition coefficient (Wildman–Crippen LogP) is 13.0. The molecule has 0 saturated carbocycles. The molecule has 0 N–H and O–H groups in total. The lowest BCUT2D eigenvalue weighted by atomic mass is 10.1. The second kappa shape index (κ2) is 12.3. The zero-order chi connectivity index (χ0) is 37.5. The minimum absolute atomic E-state index is 0.615. The fourth-order valence-electron chi connectivity index (χ4n) is 8.61. The lowest BCUT2D eigenvalue weighted by Crippen LogP contribution is -2.01. The summed E-state index contributed by atoms with van der Waals surface area (Å²) in [7, 11) is 0. The molecule has 4 aromatic heterocycles. The highest BCUT2D eigenvalue weighted by Crippen LogP contribution is 2.42. The van der Waals surface area contributed by atoms with Crippen LogP contribution < -0.4 is 0 Å². The summed E-state index contributed by atoms with van der Waals surface area (Å²) in [5, 5.41) is 6.87. The average Bonchev–Trinajstić information content (AvgIpc) is 3.94. The van der Waals surface area contributed by atoms with Crippen molar-refractivity contribution in [2.24, 2.45) is 0 Å². The van der Waals surface area contributed by atoms with Crippen molar-refractivity contribution in [1.82, 2.24) is 24.1 Å². The predicted molar refractivity (Wildman–Crippen MR) is 232 cm³/mol. The van der Waals surface area contributed by atoms with Crippen LogP contribution in [0.25, 0.3) is 111 Å². The Balaban J connectivity index is 1.04. The number of benzene rings is 8. The molecule has 6 heteroatoms. The van der Waals surface area contributed by atoms with Crippen molar-refractivity contribution in [3.8, 4) is 45.5 Å². The lowest BCUT2D eigenvalue weighted by molar-refractivity contribution is 0.673. The fraction of sp³-hybridized carbons (Fsp3) is 0. The van der Waals surface area contributed by atoms with Crippen LogP contribution in [0, 0.1) is 0 Å². The molecule has 8 aromatic carbocycles. The van der Waals surface area contributed by atoms with Crippen molar-refractivity contribution in [3.63, 3.8) is 0 Å². The summed E-state index contributed by atoms with van der Waals surface area (Å²) in [5.41, 5.74) is 11.1. The van der Waals surface area contributed by atoms with Crippen molar-refractivity contribution in [2.45, 2.75) is 0 Å². The zero-order valence-corrected chi connectivity index (χ0v) is 30.5. The van der Waals surface area contributed by atoms with Gasteiger partial charge >= 0.3 is 0 Å². The Bertz CT molecular complexity index is 3410. The Morgan fingerprint density at radius 3 is 1.49 bits per heavy atom. The molecule has 12 aromatic rings. The number of furan rings is 1. The first-order valence-corrected chi connectivity index (χ1v) is 19.1. The summed E-state index contributed by atoms with van der Waals surface area (Å²) < 4.78 is 11.5. The van der Waals surface area contributed by atoms with E-state index in [1.165, 1.54) is 21.8 Å². The molecule has 0 saturated heterocycles. The third-order valence-corrected chi connectivity index (χ3v) is 11.2. The molecular formula is C51H31N5O. The van der Waals surface area contributed by atoms with Gasteiger partial charge in [0.15, 0.2) is 17.5 Å². The van der Waals surface area contributed by atoms with Gasteiger partial charge in [0.1, 0.15) is 11.2 Å². The molecule has 0 bridgehead atoms. The largest absolute Gasteiger partial charge is 0.455 e. The van der Waals surface area contributed by atoms with E-state index in [2.05, 4.69) is 137 Å². The maximum Gasteiger partial charge on any atom is 0.164 e. The number of aromatic nitrogens is 5. The summed E-state index contributed by atoms with van der Waals surface area (Å²) in [6, 6.07) is 65.5. The van der Waals surface area contributed by atoms with Crippen molar-refractivity contribution in [2.75, 3.05) is 0 Å². The van der Waals surface area contributed by atoms with Crippen molar-refractivity contribution >= 4 is 65.6 Å². The number of rotatable bonds is 5. The average molecular weight is 730 g/mol. The van der Waals surface area contributed by atoms with Crippen LogP contribution in [-0.2, 0) is 0 Å². The molecular weight excluding hydrogens is 699 g/mol. The van der Waals surface area contributed by atoms with E-state index < -0.39 is 0 Å². The van der Waals surface area contributed by atoms with E-state index in [0.29, 0.717) is 17.5 Å². The van der Waals surface area contributed by atoms with Crippen molar-refractivity contribution in [1.29, 1.82) is 0 Å². The van der Waals surface area contributed by atoms with E-state index in [4.69, 9.17) is 19.4 Å². The van der Waals surface area contributed by atoms with E-state index in [-0.39, 0.29) is 0 Å². The van der Waals surface area contributed by atoms with Crippen LogP contribution in [0.1, 0.15) is 0 Å². The quantitative estimate of drug-likeness (QED) is 0.177. The Morgan fingerprint density at radius 1 is 0.333 bits per heavy atom. The van der Waals surface area contributed by atoms with E-state index >= 15 is 0 Å². The van der Waals surface area contributed by atoms with Crippen LogP contribution in [0.2, 0.25) is 0 Å². The smallest absolute Gasteiger partial charge is 0.164 e. The molecule has 0 unspecified atom stereocenters. The second-order valence-corrected chi connectivity index (χ2v) is 14.4. The Morgan fingerprint density at radius 2 is 0.842 bits per heavy atom. The first-order valence-electron chi connectivity index (χ1n) is 19.1. The summed E-state index contributed by atoms with van der Waals surface area (Å²) >= 11 is 0. The molecule has 0 aliphatic rings. The summed E-state index contributed by atoms with van der Waals surface area (Å²) in [5.74, 6) is 1.88. The Hall–Kier alpha value is -7.83. The fourth-order valence-corrected chi connectivity index (χ4v) is 8.61. The van der Waals surface area contributed by atoms with Crippen LogP contribution in [0.15, 0.2) is 192 Å².